The molecule has 3 N–H and O–H groups in total. The van der Waals surface area contributed by atoms with Crippen LogP contribution in [-0.4, -0.2) is 47.4 Å². The molecule has 0 bridgehead atoms. The maximum Gasteiger partial charge on any atom is 0.305 e. The number of aliphatic hydroxyl groups excluding tert-OH is 2. The van der Waals surface area contributed by atoms with E-state index in [2.05, 4.69) is 19.2 Å². The smallest absolute Gasteiger partial charge is 0.305 e. The van der Waals surface area contributed by atoms with Crippen LogP contribution in [0.25, 0.3) is 0 Å². The van der Waals surface area contributed by atoms with E-state index in [0.29, 0.717) is 19.4 Å². The molecule has 0 heterocycles. The minimum atomic E-state index is -0.855. The van der Waals surface area contributed by atoms with Crippen molar-refractivity contribution in [2.24, 2.45) is 0 Å². The zero-order valence-electron chi connectivity index (χ0n) is 36.9. The van der Waals surface area contributed by atoms with Gasteiger partial charge in [-0.05, 0) is 32.1 Å². The number of hydrogen-bond acceptors (Lipinski definition) is 5. The van der Waals surface area contributed by atoms with Crippen molar-refractivity contribution in [2.45, 2.75) is 276 Å². The Labute approximate surface area is 342 Å². The molecule has 0 aliphatic heterocycles. The summed E-state index contributed by atoms with van der Waals surface area (Å²) in [6.45, 7) is 4.83. The molecule has 6 heteroatoms. The molecule has 0 aliphatic rings. The lowest BCUT2D eigenvalue weighted by molar-refractivity contribution is -0.143. The number of hydrogen-bond donors (Lipinski definition) is 3. The standard InChI is InChI=1S/C49H95NO5/c1-3-5-7-9-11-13-15-16-17-18-19-20-21-22-27-31-35-39-43-49(54)55-44-40-36-32-28-24-23-26-30-34-38-42-48(53)50-46(45-51)47(52)41-37-33-29-25-14-12-10-8-6-4-2/h37,41,46-47,51-52H,3-36,38-40,42-45H2,1-2H3,(H,50,53)/b41-37+. The molecular formula is C49H95NO5. The molecule has 0 saturated heterocycles. The van der Waals surface area contributed by atoms with Crippen molar-refractivity contribution in [1.29, 1.82) is 0 Å². The molecule has 1 amide bonds. The lowest BCUT2D eigenvalue weighted by atomic mass is 10.0. The second kappa shape index (κ2) is 45.3. The summed E-state index contributed by atoms with van der Waals surface area (Å²) >= 11 is 0. The van der Waals surface area contributed by atoms with Gasteiger partial charge >= 0.3 is 5.97 Å². The summed E-state index contributed by atoms with van der Waals surface area (Å²) in [6, 6.07) is -0.641. The fourth-order valence-corrected chi connectivity index (χ4v) is 7.51. The number of amides is 1. The number of nitrogens with one attached hydrogen (secondary N) is 1. The largest absolute Gasteiger partial charge is 0.466 e. The van der Waals surface area contributed by atoms with E-state index >= 15 is 0 Å². The Kier molecular flexibility index (Phi) is 44.2. The molecule has 0 aromatic heterocycles. The SMILES string of the molecule is CCCCCCCCCC/C=C/C(O)C(CO)NC(=O)CCCCCCCCCCCCOC(=O)CCCCCCCCCCCCCCCCCCCC. The normalized spacial score (nSPS) is 12.7. The lowest BCUT2D eigenvalue weighted by Crippen LogP contribution is -2.45. The van der Waals surface area contributed by atoms with Gasteiger partial charge in [0.2, 0.25) is 5.91 Å². The molecule has 6 nitrogen and oxygen atoms in total. The van der Waals surface area contributed by atoms with Crippen LogP contribution in [0.15, 0.2) is 12.2 Å². The summed E-state index contributed by atoms with van der Waals surface area (Å²) in [7, 11) is 0. The average Bonchev–Trinajstić information content (AvgIpc) is 3.18. The molecule has 0 aromatic rings. The first-order valence-electron chi connectivity index (χ1n) is 24.5. The van der Waals surface area contributed by atoms with Crippen LogP contribution in [0.2, 0.25) is 0 Å². The van der Waals surface area contributed by atoms with Crippen molar-refractivity contribution in [3.8, 4) is 0 Å². The van der Waals surface area contributed by atoms with Gasteiger partial charge in [0.05, 0.1) is 25.4 Å². The molecule has 326 valence electrons. The second-order valence-electron chi connectivity index (χ2n) is 16.8. The Morgan fingerprint density at radius 1 is 0.491 bits per heavy atom. The lowest BCUT2D eigenvalue weighted by Gasteiger charge is -2.20. The Hall–Kier alpha value is -1.40. The zero-order chi connectivity index (χ0) is 40.1. The first kappa shape index (κ1) is 53.6. The van der Waals surface area contributed by atoms with E-state index < -0.39 is 12.1 Å². The first-order chi connectivity index (χ1) is 27.0. The highest BCUT2D eigenvalue weighted by Crippen LogP contribution is 2.16. The Morgan fingerprint density at radius 2 is 0.836 bits per heavy atom. The van der Waals surface area contributed by atoms with Gasteiger partial charge in [-0.2, -0.15) is 0 Å². The first-order valence-corrected chi connectivity index (χ1v) is 24.5. The van der Waals surface area contributed by atoms with Crippen LogP contribution in [0, 0.1) is 0 Å². The highest BCUT2D eigenvalue weighted by atomic mass is 16.5. The zero-order valence-corrected chi connectivity index (χ0v) is 36.9. The third-order valence-corrected chi connectivity index (χ3v) is 11.3. The summed E-state index contributed by atoms with van der Waals surface area (Å²) in [5.74, 6) is -0.109. The number of esters is 1. The third kappa shape index (κ3) is 42.0. The van der Waals surface area contributed by atoms with Crippen molar-refractivity contribution in [3.63, 3.8) is 0 Å². The van der Waals surface area contributed by atoms with Gasteiger partial charge in [0.1, 0.15) is 0 Å². The summed E-state index contributed by atoms with van der Waals surface area (Å²) in [5.41, 5.74) is 0. The summed E-state index contributed by atoms with van der Waals surface area (Å²) < 4.78 is 5.46. The molecule has 0 aromatic carbocycles. The van der Waals surface area contributed by atoms with Crippen molar-refractivity contribution in [3.05, 3.63) is 12.2 Å². The van der Waals surface area contributed by atoms with Crippen molar-refractivity contribution < 1.29 is 24.5 Å². The highest BCUT2D eigenvalue weighted by molar-refractivity contribution is 5.76. The molecule has 0 spiro atoms. The van der Waals surface area contributed by atoms with Crippen LogP contribution in [0.5, 0.6) is 0 Å². The predicted molar refractivity (Wildman–Crippen MR) is 237 cm³/mol. The van der Waals surface area contributed by atoms with Crippen LogP contribution in [-0.2, 0) is 14.3 Å². The topological polar surface area (TPSA) is 95.9 Å². The fourth-order valence-electron chi connectivity index (χ4n) is 7.51. The van der Waals surface area contributed by atoms with E-state index in [4.69, 9.17) is 4.74 Å². The monoisotopic (exact) mass is 778 g/mol. The van der Waals surface area contributed by atoms with E-state index in [0.717, 1.165) is 57.8 Å². The number of allylic oxidation sites excluding steroid dienone is 1. The van der Waals surface area contributed by atoms with Crippen molar-refractivity contribution in [2.75, 3.05) is 13.2 Å². The van der Waals surface area contributed by atoms with Gasteiger partial charge in [0, 0.05) is 12.8 Å². The van der Waals surface area contributed by atoms with Crippen LogP contribution in [0.3, 0.4) is 0 Å². The van der Waals surface area contributed by atoms with Gasteiger partial charge in [0.25, 0.3) is 0 Å². The summed E-state index contributed by atoms with van der Waals surface area (Å²) in [5, 5.41) is 22.9. The quantitative estimate of drug-likeness (QED) is 0.0325. The summed E-state index contributed by atoms with van der Waals surface area (Å²) in [6.07, 6.45) is 50.7. The Balaban J connectivity index is 3.45. The highest BCUT2D eigenvalue weighted by Gasteiger charge is 2.18. The third-order valence-electron chi connectivity index (χ3n) is 11.3. The van der Waals surface area contributed by atoms with Gasteiger partial charge in [-0.1, -0.05) is 231 Å². The van der Waals surface area contributed by atoms with Crippen molar-refractivity contribution in [1.82, 2.24) is 5.32 Å². The van der Waals surface area contributed by atoms with Gasteiger partial charge < -0.3 is 20.3 Å². The van der Waals surface area contributed by atoms with E-state index in [-0.39, 0.29) is 18.5 Å². The Bertz CT molecular complexity index is 817. The number of carbonyl (C=O) groups excluding carboxylic acids is 2. The summed E-state index contributed by atoms with van der Waals surface area (Å²) in [4.78, 5) is 24.4. The maximum atomic E-state index is 12.4. The van der Waals surface area contributed by atoms with Gasteiger partial charge in [-0.15, -0.1) is 0 Å². The van der Waals surface area contributed by atoms with E-state index in [1.165, 1.54) is 180 Å². The second-order valence-corrected chi connectivity index (χ2v) is 16.8. The maximum absolute atomic E-state index is 12.4. The molecule has 55 heavy (non-hydrogen) atoms. The number of rotatable bonds is 45. The predicted octanol–water partition coefficient (Wildman–Crippen LogP) is 14.2. The van der Waals surface area contributed by atoms with Gasteiger partial charge in [0.15, 0.2) is 0 Å². The molecule has 0 fully saturated rings. The number of aliphatic hydroxyl groups is 2. The Morgan fingerprint density at radius 3 is 1.24 bits per heavy atom. The molecule has 2 atom stereocenters. The van der Waals surface area contributed by atoms with E-state index in [1.807, 2.05) is 6.08 Å². The van der Waals surface area contributed by atoms with Crippen LogP contribution in [0.1, 0.15) is 264 Å². The average molecular weight is 778 g/mol. The fraction of sp³-hybridized carbons (Fsp3) is 0.918. The van der Waals surface area contributed by atoms with Gasteiger partial charge in [-0.25, -0.2) is 0 Å². The molecule has 0 radical (unpaired) electrons. The minimum Gasteiger partial charge on any atom is -0.466 e. The van der Waals surface area contributed by atoms with E-state index in [9.17, 15) is 19.8 Å². The molecular weight excluding hydrogens is 683 g/mol. The number of carbonyl (C=O) groups is 2. The number of unbranched alkanes of at least 4 members (excludes halogenated alkanes) is 34. The molecule has 2 unspecified atom stereocenters. The minimum absolute atomic E-state index is 0.0171. The van der Waals surface area contributed by atoms with Crippen molar-refractivity contribution >= 4 is 11.9 Å². The van der Waals surface area contributed by atoms with Crippen LogP contribution >= 0.6 is 0 Å². The molecule has 0 saturated carbocycles. The number of ether oxygens (including phenoxy) is 1. The van der Waals surface area contributed by atoms with Crippen LogP contribution in [0.4, 0.5) is 0 Å². The molecule has 0 rings (SSSR count). The van der Waals surface area contributed by atoms with Gasteiger partial charge in [-0.3, -0.25) is 9.59 Å². The van der Waals surface area contributed by atoms with Crippen LogP contribution < -0.4 is 5.32 Å². The van der Waals surface area contributed by atoms with E-state index in [1.54, 1.807) is 6.08 Å². The molecule has 0 aliphatic carbocycles.